The summed E-state index contributed by atoms with van der Waals surface area (Å²) in [5, 5.41) is 2.70. The molecule has 0 amide bonds. The van der Waals surface area contributed by atoms with E-state index >= 15 is 0 Å². The molecule has 0 spiro atoms. The van der Waals surface area contributed by atoms with Gasteiger partial charge >= 0.3 is 0 Å². The first-order chi connectivity index (χ1) is 11.1. The minimum atomic E-state index is -0.0660. The summed E-state index contributed by atoms with van der Waals surface area (Å²) >= 11 is 7.23. The number of aromatic nitrogens is 2. The maximum atomic E-state index is 12.5. The van der Waals surface area contributed by atoms with E-state index in [4.69, 9.17) is 11.6 Å². The summed E-state index contributed by atoms with van der Waals surface area (Å²) in [6.45, 7) is 4.35. The van der Waals surface area contributed by atoms with Crippen LogP contribution in [0, 0.1) is 0 Å². The summed E-state index contributed by atoms with van der Waals surface area (Å²) in [5.41, 5.74) is 3.24. The highest BCUT2D eigenvalue weighted by molar-refractivity contribution is 7.17. The van der Waals surface area contributed by atoms with Crippen molar-refractivity contribution < 1.29 is 0 Å². The summed E-state index contributed by atoms with van der Waals surface area (Å²) in [6.07, 6.45) is 1.51. The molecule has 3 nitrogen and oxygen atoms in total. The lowest BCUT2D eigenvalue weighted by atomic mass is 9.99. The Morgan fingerprint density at radius 1 is 1.26 bits per heavy atom. The SMILES string of the molecule is CC(C)c1ccc(-c2csc3nc(CCCCl)[nH]c(=O)c23)cc1. The number of fused-ring (bicyclic) bond motifs is 1. The van der Waals surface area contributed by atoms with Crippen molar-refractivity contribution in [3.05, 3.63) is 51.4 Å². The molecule has 5 heteroatoms. The zero-order valence-corrected chi connectivity index (χ0v) is 14.8. The summed E-state index contributed by atoms with van der Waals surface area (Å²) in [4.78, 5) is 20.7. The van der Waals surface area contributed by atoms with E-state index in [2.05, 4.69) is 48.1 Å². The number of aromatic amines is 1. The first-order valence-corrected chi connectivity index (χ1v) is 9.18. The topological polar surface area (TPSA) is 45.8 Å². The quantitative estimate of drug-likeness (QED) is 0.664. The van der Waals surface area contributed by atoms with Gasteiger partial charge in [-0.3, -0.25) is 4.79 Å². The second kappa shape index (κ2) is 6.85. The van der Waals surface area contributed by atoms with E-state index in [1.807, 2.05) is 5.38 Å². The van der Waals surface area contributed by atoms with Gasteiger partial charge in [-0.15, -0.1) is 22.9 Å². The predicted octanol–water partition coefficient (Wildman–Crippen LogP) is 4.95. The van der Waals surface area contributed by atoms with Gasteiger partial charge in [0.05, 0.1) is 5.39 Å². The smallest absolute Gasteiger partial charge is 0.260 e. The summed E-state index contributed by atoms with van der Waals surface area (Å²) in [5.74, 6) is 1.78. The monoisotopic (exact) mass is 346 g/mol. The van der Waals surface area contributed by atoms with Gasteiger partial charge in [-0.05, 0) is 23.5 Å². The van der Waals surface area contributed by atoms with Gasteiger partial charge in [0.15, 0.2) is 0 Å². The Morgan fingerprint density at radius 2 is 2.00 bits per heavy atom. The van der Waals surface area contributed by atoms with Crippen LogP contribution in [0.4, 0.5) is 0 Å². The van der Waals surface area contributed by atoms with E-state index in [9.17, 15) is 4.79 Å². The molecule has 0 saturated carbocycles. The lowest BCUT2D eigenvalue weighted by Crippen LogP contribution is -2.11. The van der Waals surface area contributed by atoms with Crippen LogP contribution in [0.3, 0.4) is 0 Å². The number of alkyl halides is 1. The Bertz CT molecular complexity index is 865. The van der Waals surface area contributed by atoms with Gasteiger partial charge in [0.1, 0.15) is 10.7 Å². The van der Waals surface area contributed by atoms with Crippen LogP contribution in [0.2, 0.25) is 0 Å². The average Bonchev–Trinajstić information content (AvgIpc) is 2.97. The fraction of sp³-hybridized carbons (Fsp3) is 0.333. The number of nitrogens with one attached hydrogen (secondary N) is 1. The number of aryl methyl sites for hydroxylation is 1. The molecule has 0 radical (unpaired) electrons. The molecule has 0 saturated heterocycles. The molecular weight excluding hydrogens is 328 g/mol. The molecule has 0 bridgehead atoms. The average molecular weight is 347 g/mol. The third kappa shape index (κ3) is 3.33. The number of hydrogen-bond donors (Lipinski definition) is 1. The highest BCUT2D eigenvalue weighted by Crippen LogP contribution is 2.31. The molecule has 0 atom stereocenters. The minimum absolute atomic E-state index is 0.0660. The summed E-state index contributed by atoms with van der Waals surface area (Å²) in [6, 6.07) is 8.41. The fourth-order valence-corrected chi connectivity index (χ4v) is 3.71. The number of hydrogen-bond acceptors (Lipinski definition) is 3. The van der Waals surface area contributed by atoms with E-state index in [0.717, 1.165) is 22.4 Å². The highest BCUT2D eigenvalue weighted by atomic mass is 35.5. The van der Waals surface area contributed by atoms with Crippen LogP contribution in [0.25, 0.3) is 21.3 Å². The van der Waals surface area contributed by atoms with E-state index in [-0.39, 0.29) is 5.56 Å². The summed E-state index contributed by atoms with van der Waals surface area (Å²) in [7, 11) is 0. The maximum Gasteiger partial charge on any atom is 0.260 e. The van der Waals surface area contributed by atoms with Crippen molar-refractivity contribution in [3.8, 4) is 11.1 Å². The molecule has 0 aliphatic rings. The van der Waals surface area contributed by atoms with E-state index in [0.29, 0.717) is 29.4 Å². The molecule has 3 aromatic rings. The largest absolute Gasteiger partial charge is 0.310 e. The number of benzene rings is 1. The van der Waals surface area contributed by atoms with Crippen molar-refractivity contribution in [3.63, 3.8) is 0 Å². The van der Waals surface area contributed by atoms with Gasteiger partial charge in [0.2, 0.25) is 0 Å². The van der Waals surface area contributed by atoms with Crippen LogP contribution < -0.4 is 5.56 Å². The van der Waals surface area contributed by atoms with Crippen molar-refractivity contribution in [1.82, 2.24) is 9.97 Å². The number of rotatable bonds is 5. The molecular formula is C18H19ClN2OS. The van der Waals surface area contributed by atoms with Gasteiger partial charge < -0.3 is 4.98 Å². The van der Waals surface area contributed by atoms with Crippen LogP contribution in [-0.2, 0) is 6.42 Å². The molecule has 0 aliphatic carbocycles. The predicted molar refractivity (Wildman–Crippen MR) is 98.8 cm³/mol. The van der Waals surface area contributed by atoms with Crippen molar-refractivity contribution >= 4 is 33.2 Å². The van der Waals surface area contributed by atoms with Crippen molar-refractivity contribution in [2.24, 2.45) is 0 Å². The third-order valence-corrected chi connectivity index (χ3v) is 5.07. The van der Waals surface area contributed by atoms with Crippen LogP contribution in [0.5, 0.6) is 0 Å². The molecule has 2 heterocycles. The van der Waals surface area contributed by atoms with Crippen molar-refractivity contribution in [2.75, 3.05) is 5.88 Å². The Hall–Kier alpha value is -1.65. The van der Waals surface area contributed by atoms with Crippen LogP contribution in [-0.4, -0.2) is 15.8 Å². The Morgan fingerprint density at radius 3 is 2.65 bits per heavy atom. The Labute approximate surface area is 144 Å². The van der Waals surface area contributed by atoms with Gasteiger partial charge in [-0.2, -0.15) is 0 Å². The zero-order valence-electron chi connectivity index (χ0n) is 13.2. The molecule has 0 unspecified atom stereocenters. The van der Waals surface area contributed by atoms with Gasteiger partial charge in [-0.25, -0.2) is 4.98 Å². The second-order valence-electron chi connectivity index (χ2n) is 5.91. The normalized spacial score (nSPS) is 11.5. The molecule has 23 heavy (non-hydrogen) atoms. The standard InChI is InChI=1S/C18H19ClN2OS/c1-11(2)12-5-7-13(8-6-12)14-10-23-18-16(14)17(22)20-15(21-18)4-3-9-19/h5-8,10-11H,3-4,9H2,1-2H3,(H,20,21,22). The first-order valence-electron chi connectivity index (χ1n) is 7.77. The van der Waals surface area contributed by atoms with Crippen molar-refractivity contribution in [1.29, 1.82) is 0 Å². The minimum Gasteiger partial charge on any atom is -0.310 e. The lowest BCUT2D eigenvalue weighted by Gasteiger charge is -2.06. The van der Waals surface area contributed by atoms with E-state index in [1.165, 1.54) is 16.9 Å². The Balaban J connectivity index is 2.03. The van der Waals surface area contributed by atoms with Gasteiger partial charge in [0.25, 0.3) is 5.56 Å². The third-order valence-electron chi connectivity index (χ3n) is 3.93. The maximum absolute atomic E-state index is 12.5. The number of nitrogens with zero attached hydrogens (tertiary/aromatic N) is 1. The highest BCUT2D eigenvalue weighted by Gasteiger charge is 2.13. The Kier molecular flexibility index (Phi) is 4.83. The molecule has 0 fully saturated rings. The van der Waals surface area contributed by atoms with Crippen LogP contribution in [0.1, 0.15) is 37.6 Å². The number of thiophene rings is 1. The van der Waals surface area contributed by atoms with Gasteiger partial charge in [0, 0.05) is 23.2 Å². The lowest BCUT2D eigenvalue weighted by molar-refractivity contribution is 0.843. The second-order valence-corrected chi connectivity index (χ2v) is 7.15. The van der Waals surface area contributed by atoms with Gasteiger partial charge in [-0.1, -0.05) is 38.1 Å². The van der Waals surface area contributed by atoms with Crippen molar-refractivity contribution in [2.45, 2.75) is 32.6 Å². The molecule has 0 aliphatic heterocycles. The molecule has 1 aromatic carbocycles. The first kappa shape index (κ1) is 16.2. The zero-order chi connectivity index (χ0) is 16.4. The number of H-pyrrole nitrogens is 1. The molecule has 120 valence electrons. The molecule has 1 N–H and O–H groups in total. The van der Waals surface area contributed by atoms with E-state index < -0.39 is 0 Å². The van der Waals surface area contributed by atoms with Crippen LogP contribution >= 0.6 is 22.9 Å². The fourth-order valence-electron chi connectivity index (χ4n) is 2.61. The van der Waals surface area contributed by atoms with Crippen LogP contribution in [0.15, 0.2) is 34.4 Å². The molecule has 2 aromatic heterocycles. The summed E-state index contributed by atoms with van der Waals surface area (Å²) < 4.78 is 0. The number of halogens is 1. The molecule has 3 rings (SSSR count). The van der Waals surface area contributed by atoms with E-state index in [1.54, 1.807) is 0 Å².